The zero-order valence-electron chi connectivity index (χ0n) is 9.66. The monoisotopic (exact) mass is 200 g/mol. The van der Waals surface area contributed by atoms with Crippen LogP contribution in [0, 0.1) is 0 Å². The maximum atomic E-state index is 8.80. The Kier molecular flexibility index (Phi) is 4.85. The number of hydrogen-bond acceptors (Lipinski definition) is 3. The fraction of sp³-hybridized carbons (Fsp3) is 1.00. The molecular formula is C11H24N2O. The van der Waals surface area contributed by atoms with Crippen LogP contribution in [0.25, 0.3) is 0 Å². The van der Waals surface area contributed by atoms with Crippen LogP contribution in [0.4, 0.5) is 0 Å². The van der Waals surface area contributed by atoms with Crippen molar-refractivity contribution in [2.45, 2.75) is 51.7 Å². The van der Waals surface area contributed by atoms with E-state index < -0.39 is 0 Å². The van der Waals surface area contributed by atoms with Crippen molar-refractivity contribution >= 4 is 0 Å². The third-order valence-electron chi connectivity index (χ3n) is 3.03. The molecule has 0 amide bonds. The summed E-state index contributed by atoms with van der Waals surface area (Å²) in [5, 5.41) is 12.4. The zero-order valence-corrected chi connectivity index (χ0v) is 9.66. The quantitative estimate of drug-likeness (QED) is 0.690. The molecule has 84 valence electrons. The van der Waals surface area contributed by atoms with Gasteiger partial charge in [0.15, 0.2) is 0 Å². The van der Waals surface area contributed by atoms with E-state index in [1.807, 2.05) is 0 Å². The SMILES string of the molecule is CC(C)N1CCC(N[C@H](C)CCO)C1. The highest BCUT2D eigenvalue weighted by Crippen LogP contribution is 2.13. The molecule has 0 aromatic rings. The summed E-state index contributed by atoms with van der Waals surface area (Å²) in [5.74, 6) is 0. The van der Waals surface area contributed by atoms with Gasteiger partial charge in [0.25, 0.3) is 0 Å². The summed E-state index contributed by atoms with van der Waals surface area (Å²) in [5.41, 5.74) is 0. The molecule has 1 rings (SSSR count). The predicted octanol–water partition coefficient (Wildman–Crippen LogP) is 0.830. The lowest BCUT2D eigenvalue weighted by Gasteiger charge is -2.22. The molecule has 1 heterocycles. The van der Waals surface area contributed by atoms with Gasteiger partial charge in [0.05, 0.1) is 0 Å². The first-order valence-corrected chi connectivity index (χ1v) is 5.74. The van der Waals surface area contributed by atoms with Crippen molar-refractivity contribution in [2.24, 2.45) is 0 Å². The first kappa shape index (κ1) is 12.0. The van der Waals surface area contributed by atoms with E-state index in [1.54, 1.807) is 0 Å². The third kappa shape index (κ3) is 3.56. The number of nitrogens with one attached hydrogen (secondary N) is 1. The molecule has 0 aliphatic carbocycles. The highest BCUT2D eigenvalue weighted by Gasteiger charge is 2.24. The normalized spacial score (nSPS) is 25.9. The van der Waals surface area contributed by atoms with E-state index >= 15 is 0 Å². The molecule has 0 saturated carbocycles. The highest BCUT2D eigenvalue weighted by atomic mass is 16.3. The topological polar surface area (TPSA) is 35.5 Å². The van der Waals surface area contributed by atoms with Gasteiger partial charge in [-0.1, -0.05) is 0 Å². The maximum absolute atomic E-state index is 8.80. The van der Waals surface area contributed by atoms with Crippen molar-refractivity contribution < 1.29 is 5.11 Å². The molecule has 3 heteroatoms. The van der Waals surface area contributed by atoms with Crippen molar-refractivity contribution in [2.75, 3.05) is 19.7 Å². The molecule has 0 bridgehead atoms. The minimum atomic E-state index is 0.286. The molecule has 1 unspecified atom stereocenters. The fourth-order valence-electron chi connectivity index (χ4n) is 2.07. The van der Waals surface area contributed by atoms with Crippen molar-refractivity contribution in [3.8, 4) is 0 Å². The largest absolute Gasteiger partial charge is 0.396 e. The number of nitrogens with zero attached hydrogens (tertiary/aromatic N) is 1. The number of aliphatic hydroxyl groups is 1. The van der Waals surface area contributed by atoms with Crippen molar-refractivity contribution in [1.82, 2.24) is 10.2 Å². The standard InChI is InChI=1S/C11H24N2O/c1-9(2)13-6-4-11(8-13)12-10(3)5-7-14/h9-12,14H,4-8H2,1-3H3/t10-,11?/m1/s1. The Labute approximate surface area is 87.5 Å². The second-order valence-corrected chi connectivity index (χ2v) is 4.65. The van der Waals surface area contributed by atoms with E-state index in [2.05, 4.69) is 31.0 Å². The van der Waals surface area contributed by atoms with Gasteiger partial charge in [0, 0.05) is 31.3 Å². The fourth-order valence-corrected chi connectivity index (χ4v) is 2.07. The molecule has 1 saturated heterocycles. The summed E-state index contributed by atoms with van der Waals surface area (Å²) in [6.07, 6.45) is 2.10. The second kappa shape index (κ2) is 5.69. The summed E-state index contributed by atoms with van der Waals surface area (Å²) in [6, 6.07) is 1.73. The molecule has 3 nitrogen and oxygen atoms in total. The van der Waals surface area contributed by atoms with Gasteiger partial charge in [0.1, 0.15) is 0 Å². The van der Waals surface area contributed by atoms with E-state index in [-0.39, 0.29) is 6.61 Å². The van der Waals surface area contributed by atoms with Crippen LogP contribution in [-0.2, 0) is 0 Å². The molecule has 0 spiro atoms. The first-order valence-electron chi connectivity index (χ1n) is 5.74. The Balaban J connectivity index is 2.21. The molecule has 0 aromatic carbocycles. The lowest BCUT2D eigenvalue weighted by Crippen LogP contribution is -2.40. The lowest BCUT2D eigenvalue weighted by molar-refractivity contribution is 0.250. The average molecular weight is 200 g/mol. The van der Waals surface area contributed by atoms with Crippen LogP contribution >= 0.6 is 0 Å². The summed E-state index contributed by atoms with van der Waals surface area (Å²) in [7, 11) is 0. The van der Waals surface area contributed by atoms with Crippen molar-refractivity contribution in [3.63, 3.8) is 0 Å². The molecule has 2 atom stereocenters. The van der Waals surface area contributed by atoms with Crippen LogP contribution in [0.5, 0.6) is 0 Å². The lowest BCUT2D eigenvalue weighted by atomic mass is 10.2. The minimum absolute atomic E-state index is 0.286. The Hall–Kier alpha value is -0.120. The van der Waals surface area contributed by atoms with E-state index in [9.17, 15) is 0 Å². The van der Waals surface area contributed by atoms with E-state index in [4.69, 9.17) is 5.11 Å². The predicted molar refractivity (Wildman–Crippen MR) is 59.4 cm³/mol. The molecule has 2 N–H and O–H groups in total. The molecule has 1 aliphatic heterocycles. The van der Waals surface area contributed by atoms with Crippen LogP contribution in [0.1, 0.15) is 33.6 Å². The maximum Gasteiger partial charge on any atom is 0.0445 e. The van der Waals surface area contributed by atoms with Crippen LogP contribution in [0.3, 0.4) is 0 Å². The third-order valence-corrected chi connectivity index (χ3v) is 3.03. The molecule has 1 fully saturated rings. The summed E-state index contributed by atoms with van der Waals surface area (Å²) in [4.78, 5) is 2.50. The van der Waals surface area contributed by atoms with Crippen LogP contribution in [0.15, 0.2) is 0 Å². The molecule has 0 aromatic heterocycles. The van der Waals surface area contributed by atoms with Gasteiger partial charge in [-0.2, -0.15) is 0 Å². The molecular weight excluding hydrogens is 176 g/mol. The highest BCUT2D eigenvalue weighted by molar-refractivity contribution is 4.84. The number of rotatable bonds is 5. The minimum Gasteiger partial charge on any atom is -0.396 e. The Morgan fingerprint density at radius 2 is 2.14 bits per heavy atom. The second-order valence-electron chi connectivity index (χ2n) is 4.65. The van der Waals surface area contributed by atoms with Gasteiger partial charge >= 0.3 is 0 Å². The first-order chi connectivity index (χ1) is 6.63. The Morgan fingerprint density at radius 1 is 1.43 bits per heavy atom. The number of hydrogen-bond donors (Lipinski definition) is 2. The summed E-state index contributed by atoms with van der Waals surface area (Å²) in [6.45, 7) is 9.30. The van der Waals surface area contributed by atoms with E-state index in [0.29, 0.717) is 18.1 Å². The number of likely N-dealkylation sites (tertiary alicyclic amines) is 1. The molecule has 14 heavy (non-hydrogen) atoms. The van der Waals surface area contributed by atoms with Gasteiger partial charge in [-0.25, -0.2) is 0 Å². The smallest absolute Gasteiger partial charge is 0.0445 e. The van der Waals surface area contributed by atoms with Gasteiger partial charge in [-0.3, -0.25) is 4.90 Å². The van der Waals surface area contributed by atoms with Gasteiger partial charge in [-0.05, 0) is 40.2 Å². The van der Waals surface area contributed by atoms with E-state index in [1.165, 1.54) is 13.0 Å². The summed E-state index contributed by atoms with van der Waals surface area (Å²) >= 11 is 0. The zero-order chi connectivity index (χ0) is 10.6. The Bertz CT molecular complexity index is 161. The van der Waals surface area contributed by atoms with Gasteiger partial charge in [0.2, 0.25) is 0 Å². The van der Waals surface area contributed by atoms with Crippen LogP contribution in [-0.4, -0.2) is 47.8 Å². The van der Waals surface area contributed by atoms with Gasteiger partial charge in [-0.15, -0.1) is 0 Å². The summed E-state index contributed by atoms with van der Waals surface area (Å²) < 4.78 is 0. The van der Waals surface area contributed by atoms with Gasteiger partial charge < -0.3 is 10.4 Å². The van der Waals surface area contributed by atoms with Crippen molar-refractivity contribution in [1.29, 1.82) is 0 Å². The van der Waals surface area contributed by atoms with Crippen molar-refractivity contribution in [3.05, 3.63) is 0 Å². The average Bonchev–Trinajstić information content (AvgIpc) is 2.53. The van der Waals surface area contributed by atoms with Crippen LogP contribution in [0.2, 0.25) is 0 Å². The Morgan fingerprint density at radius 3 is 2.64 bits per heavy atom. The molecule has 0 radical (unpaired) electrons. The van der Waals surface area contributed by atoms with Crippen LogP contribution < -0.4 is 5.32 Å². The number of aliphatic hydroxyl groups excluding tert-OH is 1. The van der Waals surface area contributed by atoms with E-state index in [0.717, 1.165) is 13.0 Å². The molecule has 1 aliphatic rings.